The van der Waals surface area contributed by atoms with Gasteiger partial charge >= 0.3 is 0 Å². The molecule has 0 bridgehead atoms. The number of aryl methyl sites for hydroxylation is 1. The van der Waals surface area contributed by atoms with E-state index in [1.807, 2.05) is 55.5 Å². The zero-order chi connectivity index (χ0) is 18.6. The van der Waals surface area contributed by atoms with Gasteiger partial charge in [0.25, 0.3) is 5.91 Å². The molecule has 4 aromatic rings. The lowest BCUT2D eigenvalue weighted by Crippen LogP contribution is -2.22. The number of hydrogen-bond donors (Lipinski definition) is 1. The van der Waals surface area contributed by atoms with Crippen LogP contribution < -0.4 is 5.32 Å². The number of amides is 1. The largest absolute Gasteiger partial charge is 0.346 e. The van der Waals surface area contributed by atoms with Gasteiger partial charge in [-0.1, -0.05) is 12.1 Å². The maximum Gasteiger partial charge on any atom is 0.251 e. The number of fused-ring (bicyclic) bond motifs is 1. The number of benzene rings is 2. The SMILES string of the molecule is Cc1nc(CSc2ccc(C(=O)NCc3nc4ccccc4s3)cc2)cs1. The fraction of sp³-hybridized carbons (Fsp3) is 0.150. The second kappa shape index (κ2) is 8.21. The molecule has 1 amide bonds. The van der Waals surface area contributed by atoms with E-state index in [0.29, 0.717) is 12.1 Å². The number of thioether (sulfide) groups is 1. The topological polar surface area (TPSA) is 54.9 Å². The fourth-order valence-electron chi connectivity index (χ4n) is 2.59. The van der Waals surface area contributed by atoms with Gasteiger partial charge in [-0.3, -0.25) is 4.79 Å². The number of carbonyl (C=O) groups is 1. The number of nitrogens with one attached hydrogen (secondary N) is 1. The summed E-state index contributed by atoms with van der Waals surface area (Å²) in [6, 6.07) is 15.7. The van der Waals surface area contributed by atoms with E-state index in [-0.39, 0.29) is 5.91 Å². The third-order valence-corrected chi connectivity index (χ3v) is 6.81. The van der Waals surface area contributed by atoms with Crippen LogP contribution in [0.4, 0.5) is 0 Å². The van der Waals surface area contributed by atoms with Crippen LogP contribution in [0, 0.1) is 6.92 Å². The van der Waals surface area contributed by atoms with Gasteiger partial charge in [-0.05, 0) is 43.3 Å². The molecule has 2 aromatic heterocycles. The average Bonchev–Trinajstić information content (AvgIpc) is 3.30. The van der Waals surface area contributed by atoms with E-state index in [1.165, 1.54) is 0 Å². The van der Waals surface area contributed by atoms with Gasteiger partial charge < -0.3 is 5.32 Å². The molecule has 0 radical (unpaired) electrons. The van der Waals surface area contributed by atoms with Gasteiger partial charge in [-0.15, -0.1) is 34.4 Å². The van der Waals surface area contributed by atoms with E-state index < -0.39 is 0 Å². The van der Waals surface area contributed by atoms with Gasteiger partial charge in [0.1, 0.15) is 5.01 Å². The summed E-state index contributed by atoms with van der Waals surface area (Å²) in [4.78, 5) is 22.5. The third kappa shape index (κ3) is 4.55. The second-order valence-corrected chi connectivity index (χ2v) is 9.16. The molecule has 0 spiro atoms. The predicted molar refractivity (Wildman–Crippen MR) is 114 cm³/mol. The Balaban J connectivity index is 1.33. The van der Waals surface area contributed by atoms with Crippen LogP contribution in [0.25, 0.3) is 10.2 Å². The second-order valence-electron chi connectivity index (χ2n) is 5.93. The van der Waals surface area contributed by atoms with E-state index in [9.17, 15) is 4.79 Å². The molecule has 0 fully saturated rings. The Labute approximate surface area is 169 Å². The highest BCUT2D eigenvalue weighted by Gasteiger charge is 2.08. The summed E-state index contributed by atoms with van der Waals surface area (Å²) in [7, 11) is 0. The number of para-hydroxylation sites is 1. The summed E-state index contributed by atoms with van der Waals surface area (Å²) in [5.74, 6) is 0.758. The molecule has 136 valence electrons. The van der Waals surface area contributed by atoms with Gasteiger partial charge in [0.15, 0.2) is 0 Å². The van der Waals surface area contributed by atoms with Gasteiger partial charge in [-0.25, -0.2) is 9.97 Å². The van der Waals surface area contributed by atoms with E-state index >= 15 is 0 Å². The van der Waals surface area contributed by atoms with Crippen molar-refractivity contribution >= 4 is 50.6 Å². The monoisotopic (exact) mass is 411 g/mol. The highest BCUT2D eigenvalue weighted by Crippen LogP contribution is 2.24. The van der Waals surface area contributed by atoms with Crippen LogP contribution in [0.1, 0.15) is 26.1 Å². The fourth-order valence-corrected chi connectivity index (χ4v) is 5.00. The van der Waals surface area contributed by atoms with Crippen LogP contribution in [0.15, 0.2) is 58.8 Å². The normalized spacial score (nSPS) is 11.0. The minimum Gasteiger partial charge on any atom is -0.346 e. The highest BCUT2D eigenvalue weighted by atomic mass is 32.2. The van der Waals surface area contributed by atoms with Crippen molar-refractivity contribution in [2.75, 3.05) is 0 Å². The molecule has 0 saturated carbocycles. The molecule has 7 heteroatoms. The number of nitrogens with zero attached hydrogens (tertiary/aromatic N) is 2. The predicted octanol–water partition coefficient (Wildman–Crippen LogP) is 5.28. The Bertz CT molecular complexity index is 1040. The number of carbonyl (C=O) groups excluding carboxylic acids is 1. The minimum absolute atomic E-state index is 0.0825. The van der Waals surface area contributed by atoms with Crippen LogP contribution in [-0.4, -0.2) is 15.9 Å². The molecule has 0 aliphatic carbocycles. The van der Waals surface area contributed by atoms with Crippen molar-refractivity contribution in [1.82, 2.24) is 15.3 Å². The first-order valence-electron chi connectivity index (χ1n) is 8.44. The van der Waals surface area contributed by atoms with Crippen LogP contribution in [0.2, 0.25) is 0 Å². The van der Waals surface area contributed by atoms with Crippen molar-refractivity contribution in [3.05, 3.63) is 75.2 Å². The van der Waals surface area contributed by atoms with Crippen LogP contribution >= 0.6 is 34.4 Å². The number of hydrogen-bond acceptors (Lipinski definition) is 6. The lowest BCUT2D eigenvalue weighted by atomic mass is 10.2. The highest BCUT2D eigenvalue weighted by molar-refractivity contribution is 7.98. The third-order valence-electron chi connectivity index (χ3n) is 3.91. The van der Waals surface area contributed by atoms with E-state index in [1.54, 1.807) is 34.4 Å². The van der Waals surface area contributed by atoms with Gasteiger partial charge in [-0.2, -0.15) is 0 Å². The first-order chi connectivity index (χ1) is 13.2. The molecule has 0 unspecified atom stereocenters. The van der Waals surface area contributed by atoms with Crippen molar-refractivity contribution in [2.24, 2.45) is 0 Å². The first-order valence-corrected chi connectivity index (χ1v) is 11.1. The summed E-state index contributed by atoms with van der Waals surface area (Å²) >= 11 is 5.00. The van der Waals surface area contributed by atoms with Crippen molar-refractivity contribution in [1.29, 1.82) is 0 Å². The maximum atomic E-state index is 12.4. The smallest absolute Gasteiger partial charge is 0.251 e. The summed E-state index contributed by atoms with van der Waals surface area (Å²) in [6.45, 7) is 2.46. The van der Waals surface area contributed by atoms with Crippen molar-refractivity contribution in [2.45, 2.75) is 24.1 Å². The molecule has 1 N–H and O–H groups in total. The molecular weight excluding hydrogens is 394 g/mol. The number of rotatable bonds is 6. The lowest BCUT2D eigenvalue weighted by Gasteiger charge is -2.05. The Kier molecular flexibility index (Phi) is 5.52. The maximum absolute atomic E-state index is 12.4. The molecule has 0 aliphatic rings. The van der Waals surface area contributed by atoms with Crippen LogP contribution in [0.5, 0.6) is 0 Å². The lowest BCUT2D eigenvalue weighted by molar-refractivity contribution is 0.0951. The number of aromatic nitrogens is 2. The molecule has 4 nitrogen and oxygen atoms in total. The van der Waals surface area contributed by atoms with Crippen molar-refractivity contribution in [3.8, 4) is 0 Å². The molecule has 2 heterocycles. The molecule has 2 aromatic carbocycles. The quantitative estimate of drug-likeness (QED) is 0.438. The summed E-state index contributed by atoms with van der Waals surface area (Å²) in [5.41, 5.74) is 2.73. The standard InChI is InChI=1S/C20H17N3OS3/c1-13-22-15(11-25-13)12-26-16-8-6-14(7-9-16)20(24)21-10-19-23-17-4-2-3-5-18(17)27-19/h2-9,11H,10,12H2,1H3,(H,21,24). The molecule has 0 aliphatic heterocycles. The Morgan fingerprint density at radius 3 is 2.67 bits per heavy atom. The zero-order valence-corrected chi connectivity index (χ0v) is 17.1. The molecule has 0 saturated heterocycles. The van der Waals surface area contributed by atoms with E-state index in [2.05, 4.69) is 20.7 Å². The molecule has 4 rings (SSSR count). The number of thiazole rings is 2. The Morgan fingerprint density at radius 2 is 1.93 bits per heavy atom. The molecule has 27 heavy (non-hydrogen) atoms. The summed E-state index contributed by atoms with van der Waals surface area (Å²) < 4.78 is 1.14. The van der Waals surface area contributed by atoms with Crippen LogP contribution in [0.3, 0.4) is 0 Å². The average molecular weight is 412 g/mol. The Morgan fingerprint density at radius 1 is 1.11 bits per heavy atom. The summed E-state index contributed by atoms with van der Waals surface area (Å²) in [6.07, 6.45) is 0. The van der Waals surface area contributed by atoms with Crippen molar-refractivity contribution < 1.29 is 4.79 Å². The van der Waals surface area contributed by atoms with Crippen LogP contribution in [-0.2, 0) is 12.3 Å². The van der Waals surface area contributed by atoms with Gasteiger partial charge in [0.05, 0.1) is 27.5 Å². The molecular formula is C20H17N3OS3. The van der Waals surface area contributed by atoms with Gasteiger partial charge in [0, 0.05) is 21.6 Å². The van der Waals surface area contributed by atoms with E-state index in [4.69, 9.17) is 0 Å². The zero-order valence-electron chi connectivity index (χ0n) is 14.6. The first kappa shape index (κ1) is 18.2. The van der Waals surface area contributed by atoms with Gasteiger partial charge in [0.2, 0.25) is 0 Å². The molecule has 0 atom stereocenters. The summed E-state index contributed by atoms with van der Waals surface area (Å²) in [5, 5.41) is 7.04. The van der Waals surface area contributed by atoms with E-state index in [0.717, 1.165) is 36.6 Å². The van der Waals surface area contributed by atoms with Crippen molar-refractivity contribution in [3.63, 3.8) is 0 Å². The Hall–Kier alpha value is -2.22. The minimum atomic E-state index is -0.0825.